The highest BCUT2D eigenvalue weighted by atomic mass is 16.4. The molecule has 1 saturated carbocycles. The first-order chi connectivity index (χ1) is 7.59. The Morgan fingerprint density at radius 3 is 2.50 bits per heavy atom. The summed E-state index contributed by atoms with van der Waals surface area (Å²) in [5.41, 5.74) is 0.646. The smallest absolute Gasteiger partial charge is 0.331 e. The van der Waals surface area contributed by atoms with Crippen molar-refractivity contribution in [2.24, 2.45) is 11.8 Å². The van der Waals surface area contributed by atoms with Crippen LogP contribution >= 0.6 is 0 Å². The number of hydrogen-bond donors (Lipinski definition) is 1. The van der Waals surface area contributed by atoms with Gasteiger partial charge < -0.3 is 5.11 Å². The number of allylic oxidation sites excluding steroid dienone is 1. The number of carbonyl (C=O) groups is 1. The number of carboxylic acid groups (broad SMARTS) is 1. The highest BCUT2D eigenvalue weighted by Gasteiger charge is 2.16. The largest absolute Gasteiger partial charge is 0.478 e. The Hall–Kier alpha value is -0.790. The van der Waals surface area contributed by atoms with Gasteiger partial charge in [-0.3, -0.25) is 0 Å². The Labute approximate surface area is 98.7 Å². The van der Waals surface area contributed by atoms with E-state index in [4.69, 9.17) is 5.11 Å². The molecule has 0 bridgehead atoms. The summed E-state index contributed by atoms with van der Waals surface area (Å²) in [4.78, 5) is 11.1. The molecule has 1 aliphatic rings. The number of aliphatic carboxylic acids is 1. The van der Waals surface area contributed by atoms with Crippen molar-refractivity contribution in [2.75, 3.05) is 0 Å². The molecule has 0 radical (unpaired) electrons. The van der Waals surface area contributed by atoms with E-state index in [2.05, 4.69) is 13.8 Å². The van der Waals surface area contributed by atoms with E-state index in [0.717, 1.165) is 19.3 Å². The molecule has 0 amide bonds. The Bertz CT molecular complexity index is 247. The third-order valence-electron chi connectivity index (χ3n) is 3.34. The SMILES string of the molecule is CC(C)CCC/C(=C/C1CCCC1)C(=O)O. The van der Waals surface area contributed by atoms with Crippen LogP contribution in [-0.2, 0) is 4.79 Å². The fourth-order valence-electron chi connectivity index (χ4n) is 2.37. The molecule has 0 spiro atoms. The van der Waals surface area contributed by atoms with E-state index in [-0.39, 0.29) is 0 Å². The van der Waals surface area contributed by atoms with Gasteiger partial charge >= 0.3 is 5.97 Å². The van der Waals surface area contributed by atoms with Crippen LogP contribution in [0.5, 0.6) is 0 Å². The fourth-order valence-corrected chi connectivity index (χ4v) is 2.37. The standard InChI is InChI=1S/C14H24O2/c1-11(2)6-5-9-13(14(15)16)10-12-7-3-4-8-12/h10-12H,3-9H2,1-2H3,(H,15,16)/b13-10-. The third kappa shape index (κ3) is 4.82. The first-order valence-electron chi connectivity index (χ1n) is 6.53. The lowest BCUT2D eigenvalue weighted by molar-refractivity contribution is -0.132. The van der Waals surface area contributed by atoms with Gasteiger partial charge in [-0.15, -0.1) is 0 Å². The summed E-state index contributed by atoms with van der Waals surface area (Å²) in [7, 11) is 0. The van der Waals surface area contributed by atoms with Crippen molar-refractivity contribution in [3.05, 3.63) is 11.6 Å². The summed E-state index contributed by atoms with van der Waals surface area (Å²) < 4.78 is 0. The van der Waals surface area contributed by atoms with Gasteiger partial charge in [0.25, 0.3) is 0 Å². The molecule has 0 aromatic heterocycles. The minimum Gasteiger partial charge on any atom is -0.478 e. The summed E-state index contributed by atoms with van der Waals surface area (Å²) in [6.45, 7) is 4.36. The Morgan fingerprint density at radius 2 is 2.00 bits per heavy atom. The van der Waals surface area contributed by atoms with Crippen molar-refractivity contribution in [3.63, 3.8) is 0 Å². The second-order valence-corrected chi connectivity index (χ2v) is 5.33. The number of carboxylic acids is 1. The molecule has 2 nitrogen and oxygen atoms in total. The molecular weight excluding hydrogens is 200 g/mol. The van der Waals surface area contributed by atoms with E-state index in [1.165, 1.54) is 25.7 Å². The van der Waals surface area contributed by atoms with Gasteiger partial charge in [0.15, 0.2) is 0 Å². The second kappa shape index (κ2) is 6.72. The highest BCUT2D eigenvalue weighted by molar-refractivity contribution is 5.86. The predicted molar refractivity (Wildman–Crippen MR) is 66.4 cm³/mol. The summed E-state index contributed by atoms with van der Waals surface area (Å²) in [5.74, 6) is 0.488. The molecule has 0 aliphatic heterocycles. The molecule has 1 N–H and O–H groups in total. The molecule has 0 unspecified atom stereocenters. The fraction of sp³-hybridized carbons (Fsp3) is 0.786. The molecule has 0 saturated heterocycles. The van der Waals surface area contributed by atoms with E-state index >= 15 is 0 Å². The van der Waals surface area contributed by atoms with Crippen molar-refractivity contribution in [3.8, 4) is 0 Å². The molecule has 1 aliphatic carbocycles. The minimum atomic E-state index is -0.712. The number of rotatable bonds is 6. The molecule has 0 atom stereocenters. The maximum atomic E-state index is 11.1. The van der Waals surface area contributed by atoms with Gasteiger partial charge in [0.05, 0.1) is 0 Å². The van der Waals surface area contributed by atoms with Gasteiger partial charge in [-0.05, 0) is 37.5 Å². The lowest BCUT2D eigenvalue weighted by Crippen LogP contribution is -2.04. The molecule has 1 fully saturated rings. The van der Waals surface area contributed by atoms with E-state index in [0.29, 0.717) is 17.4 Å². The maximum Gasteiger partial charge on any atom is 0.331 e. The first kappa shape index (κ1) is 13.3. The molecule has 16 heavy (non-hydrogen) atoms. The summed E-state index contributed by atoms with van der Waals surface area (Å²) in [6, 6.07) is 0. The average molecular weight is 224 g/mol. The quantitative estimate of drug-likeness (QED) is 0.692. The van der Waals surface area contributed by atoms with Crippen molar-refractivity contribution in [1.29, 1.82) is 0 Å². The van der Waals surface area contributed by atoms with E-state index in [1.807, 2.05) is 6.08 Å². The normalized spacial score (nSPS) is 18.3. The van der Waals surface area contributed by atoms with Crippen LogP contribution in [0.4, 0.5) is 0 Å². The van der Waals surface area contributed by atoms with Crippen LogP contribution in [0.15, 0.2) is 11.6 Å². The Kier molecular flexibility index (Phi) is 5.58. The summed E-state index contributed by atoms with van der Waals surface area (Å²) in [5, 5.41) is 9.13. The van der Waals surface area contributed by atoms with Gasteiger partial charge in [-0.25, -0.2) is 4.79 Å². The second-order valence-electron chi connectivity index (χ2n) is 5.33. The van der Waals surface area contributed by atoms with Crippen LogP contribution in [0, 0.1) is 11.8 Å². The predicted octanol–water partition coefficient (Wildman–Crippen LogP) is 4.01. The van der Waals surface area contributed by atoms with Gasteiger partial charge in [-0.1, -0.05) is 39.2 Å². The minimum absolute atomic E-state index is 0.533. The van der Waals surface area contributed by atoms with Crippen molar-refractivity contribution in [1.82, 2.24) is 0 Å². The monoisotopic (exact) mass is 224 g/mol. The van der Waals surface area contributed by atoms with Crippen LogP contribution in [0.1, 0.15) is 58.8 Å². The Morgan fingerprint density at radius 1 is 1.38 bits per heavy atom. The lowest BCUT2D eigenvalue weighted by atomic mass is 9.98. The topological polar surface area (TPSA) is 37.3 Å². The van der Waals surface area contributed by atoms with Gasteiger partial charge in [0.2, 0.25) is 0 Å². The highest BCUT2D eigenvalue weighted by Crippen LogP contribution is 2.27. The van der Waals surface area contributed by atoms with Crippen molar-refractivity contribution < 1.29 is 9.90 Å². The van der Waals surface area contributed by atoms with E-state index in [9.17, 15) is 4.79 Å². The zero-order valence-electron chi connectivity index (χ0n) is 10.5. The third-order valence-corrected chi connectivity index (χ3v) is 3.34. The average Bonchev–Trinajstić information content (AvgIpc) is 2.68. The maximum absolute atomic E-state index is 11.1. The first-order valence-corrected chi connectivity index (χ1v) is 6.53. The summed E-state index contributed by atoms with van der Waals surface area (Å²) in [6.07, 6.45) is 9.78. The Balaban J connectivity index is 2.43. The van der Waals surface area contributed by atoms with Crippen LogP contribution in [0.2, 0.25) is 0 Å². The zero-order valence-corrected chi connectivity index (χ0v) is 10.5. The van der Waals surface area contributed by atoms with Crippen LogP contribution < -0.4 is 0 Å². The van der Waals surface area contributed by atoms with Gasteiger partial charge in [-0.2, -0.15) is 0 Å². The van der Waals surface area contributed by atoms with Crippen LogP contribution in [0.3, 0.4) is 0 Å². The summed E-state index contributed by atoms with van der Waals surface area (Å²) >= 11 is 0. The molecule has 1 rings (SSSR count). The van der Waals surface area contributed by atoms with Crippen LogP contribution in [0.25, 0.3) is 0 Å². The van der Waals surface area contributed by atoms with Crippen LogP contribution in [-0.4, -0.2) is 11.1 Å². The van der Waals surface area contributed by atoms with Crippen molar-refractivity contribution in [2.45, 2.75) is 58.8 Å². The van der Waals surface area contributed by atoms with Crippen molar-refractivity contribution >= 4 is 5.97 Å². The van der Waals surface area contributed by atoms with Gasteiger partial charge in [0, 0.05) is 5.57 Å². The van der Waals surface area contributed by atoms with E-state index < -0.39 is 5.97 Å². The molecule has 0 aromatic rings. The molecular formula is C14H24O2. The molecule has 0 heterocycles. The molecule has 92 valence electrons. The zero-order chi connectivity index (χ0) is 12.0. The van der Waals surface area contributed by atoms with Gasteiger partial charge in [0.1, 0.15) is 0 Å². The van der Waals surface area contributed by atoms with E-state index in [1.54, 1.807) is 0 Å². The lowest BCUT2D eigenvalue weighted by Gasteiger charge is -2.08. The molecule has 2 heteroatoms. The molecule has 0 aromatic carbocycles. The number of hydrogen-bond acceptors (Lipinski definition) is 1.